The van der Waals surface area contributed by atoms with Crippen LogP contribution in [0.15, 0.2) is 63.2 Å². The number of hydrogen-bond acceptors (Lipinski definition) is 4. The number of furan rings is 1. The molecule has 7 heteroatoms. The zero-order chi connectivity index (χ0) is 15.6. The maximum absolute atomic E-state index is 12.8. The topological polar surface area (TPSA) is 59.3 Å². The summed E-state index contributed by atoms with van der Waals surface area (Å²) in [5.74, 6) is 0.727. The Labute approximate surface area is 131 Å². The Balaban J connectivity index is 1.71. The van der Waals surface area contributed by atoms with Crippen molar-refractivity contribution >= 4 is 21.4 Å². The molecule has 0 radical (unpaired) electrons. The van der Waals surface area contributed by atoms with Crippen LogP contribution in [0.25, 0.3) is 10.6 Å². The van der Waals surface area contributed by atoms with Crippen LogP contribution in [0.2, 0.25) is 0 Å². The highest BCUT2D eigenvalue weighted by atomic mass is 32.2. The number of hydrogen-bond donors (Lipinski definition) is 1. The summed E-state index contributed by atoms with van der Waals surface area (Å²) in [6.45, 7) is 0.0328. The molecule has 114 valence electrons. The average molecular weight is 337 g/mol. The van der Waals surface area contributed by atoms with E-state index in [0.29, 0.717) is 11.5 Å². The lowest BCUT2D eigenvalue weighted by Crippen LogP contribution is -2.22. The number of rotatable bonds is 5. The third-order valence-corrected chi connectivity index (χ3v) is 5.29. The molecule has 0 atom stereocenters. The second-order valence-electron chi connectivity index (χ2n) is 4.52. The Bertz CT molecular complexity index is 853. The van der Waals surface area contributed by atoms with E-state index in [0.717, 1.165) is 17.0 Å². The van der Waals surface area contributed by atoms with Gasteiger partial charge in [0.2, 0.25) is 10.0 Å². The van der Waals surface area contributed by atoms with Crippen molar-refractivity contribution in [1.29, 1.82) is 0 Å². The first-order valence-electron chi connectivity index (χ1n) is 6.42. The number of halogens is 1. The van der Waals surface area contributed by atoms with Gasteiger partial charge in [-0.25, -0.2) is 17.5 Å². The van der Waals surface area contributed by atoms with Gasteiger partial charge in [0.1, 0.15) is 17.3 Å². The van der Waals surface area contributed by atoms with Gasteiger partial charge in [-0.05, 0) is 47.8 Å². The van der Waals surface area contributed by atoms with Crippen LogP contribution in [-0.4, -0.2) is 8.42 Å². The highest BCUT2D eigenvalue weighted by Crippen LogP contribution is 2.26. The average Bonchev–Trinajstić information content (AvgIpc) is 3.17. The molecule has 2 heterocycles. The van der Waals surface area contributed by atoms with E-state index in [-0.39, 0.29) is 11.4 Å². The van der Waals surface area contributed by atoms with Crippen molar-refractivity contribution in [2.24, 2.45) is 0 Å². The smallest absolute Gasteiger partial charge is 0.240 e. The summed E-state index contributed by atoms with van der Waals surface area (Å²) >= 11 is 1.54. The fraction of sp³-hybridized carbons (Fsp3) is 0.0667. The molecule has 0 bridgehead atoms. The molecule has 0 aliphatic rings. The van der Waals surface area contributed by atoms with E-state index in [4.69, 9.17) is 4.42 Å². The third kappa shape index (κ3) is 3.27. The Morgan fingerprint density at radius 1 is 1.09 bits per heavy atom. The molecule has 0 saturated heterocycles. The lowest BCUT2D eigenvalue weighted by molar-refractivity contribution is 0.510. The summed E-state index contributed by atoms with van der Waals surface area (Å²) in [6.07, 6.45) is 0. The van der Waals surface area contributed by atoms with Crippen molar-refractivity contribution in [3.63, 3.8) is 0 Å². The van der Waals surface area contributed by atoms with Crippen LogP contribution in [0, 0.1) is 5.82 Å². The predicted molar refractivity (Wildman–Crippen MR) is 82.4 cm³/mol. The van der Waals surface area contributed by atoms with Gasteiger partial charge >= 0.3 is 0 Å². The van der Waals surface area contributed by atoms with Gasteiger partial charge in [-0.1, -0.05) is 6.07 Å². The Hall–Kier alpha value is -1.96. The molecule has 2 aromatic heterocycles. The van der Waals surface area contributed by atoms with Crippen molar-refractivity contribution < 1.29 is 17.2 Å². The normalized spacial score (nSPS) is 11.7. The molecule has 0 aliphatic carbocycles. The van der Waals surface area contributed by atoms with Crippen LogP contribution in [0.3, 0.4) is 0 Å². The van der Waals surface area contributed by atoms with E-state index in [1.54, 1.807) is 23.5 Å². The number of nitrogens with one attached hydrogen (secondary N) is 1. The maximum Gasteiger partial charge on any atom is 0.240 e. The van der Waals surface area contributed by atoms with Gasteiger partial charge in [-0.2, -0.15) is 0 Å². The Morgan fingerprint density at radius 2 is 1.86 bits per heavy atom. The predicted octanol–water partition coefficient (Wildman–Crippen LogP) is 3.63. The highest BCUT2D eigenvalue weighted by molar-refractivity contribution is 7.89. The van der Waals surface area contributed by atoms with Crippen LogP contribution >= 0.6 is 11.3 Å². The lowest BCUT2D eigenvalue weighted by Gasteiger charge is -2.05. The van der Waals surface area contributed by atoms with Gasteiger partial charge in [-0.15, -0.1) is 11.3 Å². The molecule has 4 nitrogen and oxygen atoms in total. The minimum atomic E-state index is -3.69. The summed E-state index contributed by atoms with van der Waals surface area (Å²) in [4.78, 5) is 0.992. The van der Waals surface area contributed by atoms with Crippen molar-refractivity contribution in [3.05, 3.63) is 65.5 Å². The van der Waals surface area contributed by atoms with Gasteiger partial charge in [-0.3, -0.25) is 0 Å². The first kappa shape index (κ1) is 15.0. The molecule has 1 aromatic carbocycles. The number of thiophene rings is 1. The SMILES string of the molecule is O=S(=O)(NCc1ccc(-c2cccs2)o1)c1ccc(F)cc1. The quantitative estimate of drug-likeness (QED) is 0.773. The Morgan fingerprint density at radius 3 is 2.55 bits per heavy atom. The molecular formula is C15H12FNO3S2. The van der Waals surface area contributed by atoms with Crippen LogP contribution in [-0.2, 0) is 16.6 Å². The van der Waals surface area contributed by atoms with Crippen LogP contribution in [0.5, 0.6) is 0 Å². The van der Waals surface area contributed by atoms with Crippen molar-refractivity contribution in [1.82, 2.24) is 4.72 Å². The van der Waals surface area contributed by atoms with Crippen LogP contribution in [0.4, 0.5) is 4.39 Å². The molecule has 0 spiro atoms. The van der Waals surface area contributed by atoms with Crippen LogP contribution in [0.1, 0.15) is 5.76 Å². The first-order valence-corrected chi connectivity index (χ1v) is 8.79. The maximum atomic E-state index is 12.8. The van der Waals surface area contributed by atoms with Gasteiger partial charge in [0.05, 0.1) is 16.3 Å². The molecule has 0 fully saturated rings. The first-order chi connectivity index (χ1) is 10.5. The zero-order valence-electron chi connectivity index (χ0n) is 11.3. The summed E-state index contributed by atoms with van der Waals surface area (Å²) in [5, 5.41) is 1.94. The molecule has 0 unspecified atom stereocenters. The third-order valence-electron chi connectivity index (χ3n) is 2.99. The van der Waals surface area contributed by atoms with Crippen molar-refractivity contribution in [2.45, 2.75) is 11.4 Å². The highest BCUT2D eigenvalue weighted by Gasteiger charge is 2.15. The molecular weight excluding hydrogens is 325 g/mol. The van der Waals surface area contributed by atoms with Crippen LogP contribution < -0.4 is 4.72 Å². The van der Waals surface area contributed by atoms with E-state index >= 15 is 0 Å². The molecule has 0 aliphatic heterocycles. The number of sulfonamides is 1. The lowest BCUT2D eigenvalue weighted by atomic mass is 10.3. The Kier molecular flexibility index (Phi) is 4.10. The van der Waals surface area contributed by atoms with Crippen molar-refractivity contribution in [3.8, 4) is 10.6 Å². The van der Waals surface area contributed by atoms with E-state index in [1.165, 1.54) is 12.1 Å². The number of benzene rings is 1. The largest absolute Gasteiger partial charge is 0.459 e. The van der Waals surface area contributed by atoms with Gasteiger partial charge in [0, 0.05) is 0 Å². The van der Waals surface area contributed by atoms with Gasteiger partial charge in [0.25, 0.3) is 0 Å². The second kappa shape index (κ2) is 6.04. The fourth-order valence-electron chi connectivity index (χ4n) is 1.89. The molecule has 3 aromatic rings. The fourth-order valence-corrected chi connectivity index (χ4v) is 3.57. The zero-order valence-corrected chi connectivity index (χ0v) is 13.0. The summed E-state index contributed by atoms with van der Waals surface area (Å²) in [7, 11) is -3.69. The molecule has 22 heavy (non-hydrogen) atoms. The summed E-state index contributed by atoms with van der Waals surface area (Å²) in [6, 6.07) is 12.0. The van der Waals surface area contributed by atoms with E-state index in [1.807, 2.05) is 17.5 Å². The minimum Gasteiger partial charge on any atom is -0.459 e. The standard InChI is InChI=1S/C15H12FNO3S2/c16-11-3-6-13(7-4-11)22(18,19)17-10-12-5-8-14(20-12)15-2-1-9-21-15/h1-9,17H,10H2. The molecule has 0 saturated carbocycles. The summed E-state index contributed by atoms with van der Waals surface area (Å²) in [5.41, 5.74) is 0. The van der Waals surface area contributed by atoms with E-state index in [2.05, 4.69) is 4.72 Å². The molecule has 0 amide bonds. The van der Waals surface area contributed by atoms with Gasteiger partial charge < -0.3 is 4.42 Å². The monoisotopic (exact) mass is 337 g/mol. The van der Waals surface area contributed by atoms with Crippen molar-refractivity contribution in [2.75, 3.05) is 0 Å². The van der Waals surface area contributed by atoms with Gasteiger partial charge in [0.15, 0.2) is 0 Å². The van der Waals surface area contributed by atoms with E-state index < -0.39 is 15.8 Å². The molecule has 3 rings (SSSR count). The second-order valence-corrected chi connectivity index (χ2v) is 7.24. The van der Waals surface area contributed by atoms with E-state index in [9.17, 15) is 12.8 Å². The minimum absolute atomic E-state index is 0.0129. The summed E-state index contributed by atoms with van der Waals surface area (Å²) < 4.78 is 45.0. The molecule has 1 N–H and O–H groups in total.